The number of ether oxygens (including phenoxy) is 1. The first-order valence-corrected chi connectivity index (χ1v) is 9.43. The molecule has 2 aromatic rings. The van der Waals surface area contributed by atoms with Crippen molar-refractivity contribution in [2.45, 2.75) is 17.9 Å². The van der Waals surface area contributed by atoms with E-state index in [1.54, 1.807) is 0 Å². The average Bonchev–Trinajstić information content (AvgIpc) is 2.52. The lowest BCUT2D eigenvalue weighted by atomic mass is 10.2. The molecular formula is C16H17BrN2O4S. The van der Waals surface area contributed by atoms with Gasteiger partial charge in [-0.25, -0.2) is 13.6 Å². The third-order valence-corrected chi connectivity index (χ3v) is 5.02. The number of hydrogen-bond donors (Lipinski definition) is 2. The molecule has 0 aliphatic rings. The fourth-order valence-electron chi connectivity index (χ4n) is 1.98. The van der Waals surface area contributed by atoms with Crippen molar-refractivity contribution in [2.24, 2.45) is 5.14 Å². The van der Waals surface area contributed by atoms with Gasteiger partial charge < -0.3 is 10.1 Å². The number of para-hydroxylation sites is 1. The lowest BCUT2D eigenvalue weighted by molar-refractivity contribution is 0.0932. The molecule has 0 fully saturated rings. The van der Waals surface area contributed by atoms with E-state index in [1.807, 2.05) is 37.3 Å². The predicted molar refractivity (Wildman–Crippen MR) is 94.4 cm³/mol. The van der Waals surface area contributed by atoms with Crippen LogP contribution in [0, 0.1) is 0 Å². The van der Waals surface area contributed by atoms with Crippen molar-refractivity contribution in [3.63, 3.8) is 0 Å². The van der Waals surface area contributed by atoms with Gasteiger partial charge in [-0.1, -0.05) is 18.2 Å². The Morgan fingerprint density at radius 3 is 2.50 bits per heavy atom. The zero-order valence-corrected chi connectivity index (χ0v) is 15.3. The number of halogens is 1. The number of primary sulfonamides is 1. The molecule has 1 amide bonds. The Labute approximate surface area is 149 Å². The summed E-state index contributed by atoms with van der Waals surface area (Å²) >= 11 is 3.11. The van der Waals surface area contributed by atoms with Crippen molar-refractivity contribution in [1.82, 2.24) is 5.32 Å². The van der Waals surface area contributed by atoms with Crippen molar-refractivity contribution in [2.75, 3.05) is 6.54 Å². The van der Waals surface area contributed by atoms with Crippen LogP contribution in [0.25, 0.3) is 0 Å². The zero-order valence-electron chi connectivity index (χ0n) is 12.9. The Hall–Kier alpha value is -1.90. The highest BCUT2D eigenvalue weighted by Crippen LogP contribution is 2.22. The van der Waals surface area contributed by atoms with Gasteiger partial charge >= 0.3 is 0 Å². The van der Waals surface area contributed by atoms with Crippen LogP contribution >= 0.6 is 15.9 Å². The lowest BCUT2D eigenvalue weighted by Gasteiger charge is -2.15. The summed E-state index contributed by atoms with van der Waals surface area (Å²) in [5, 5.41) is 7.82. The molecule has 128 valence electrons. The monoisotopic (exact) mass is 412 g/mol. The second-order valence-electron chi connectivity index (χ2n) is 5.14. The number of nitrogens with two attached hydrogens (primary N) is 1. The molecule has 3 N–H and O–H groups in total. The molecule has 0 bridgehead atoms. The van der Waals surface area contributed by atoms with Crippen molar-refractivity contribution in [3.05, 3.63) is 58.6 Å². The van der Waals surface area contributed by atoms with Gasteiger partial charge in [0.15, 0.2) is 0 Å². The molecular weight excluding hydrogens is 396 g/mol. The first kappa shape index (κ1) is 18.4. The van der Waals surface area contributed by atoms with E-state index in [0.717, 1.165) is 5.75 Å². The summed E-state index contributed by atoms with van der Waals surface area (Å²) in [6.07, 6.45) is -0.219. The SMILES string of the molecule is C[C@@H](CNC(=O)c1ccc(S(N)(=O)=O)c(Br)c1)Oc1ccccc1. The molecule has 24 heavy (non-hydrogen) atoms. The van der Waals surface area contributed by atoms with Crippen molar-refractivity contribution < 1.29 is 17.9 Å². The predicted octanol–water partition coefficient (Wildman–Crippen LogP) is 2.29. The van der Waals surface area contributed by atoms with Crippen LogP contribution in [0.4, 0.5) is 0 Å². The normalized spacial score (nSPS) is 12.5. The molecule has 8 heteroatoms. The summed E-state index contributed by atoms with van der Waals surface area (Å²) in [7, 11) is -3.83. The maximum atomic E-state index is 12.1. The molecule has 0 radical (unpaired) electrons. The maximum absolute atomic E-state index is 12.1. The molecule has 0 heterocycles. The molecule has 0 saturated carbocycles. The molecule has 1 atom stereocenters. The quantitative estimate of drug-likeness (QED) is 0.759. The fraction of sp³-hybridized carbons (Fsp3) is 0.188. The van der Waals surface area contributed by atoms with Gasteiger partial charge in [-0.05, 0) is 53.2 Å². The summed E-state index contributed by atoms with van der Waals surface area (Å²) in [5.74, 6) is 0.389. The average molecular weight is 413 g/mol. The summed E-state index contributed by atoms with van der Waals surface area (Å²) in [5.41, 5.74) is 0.321. The molecule has 0 aromatic heterocycles. The molecule has 0 saturated heterocycles. The number of nitrogens with one attached hydrogen (secondary N) is 1. The van der Waals surface area contributed by atoms with Crippen LogP contribution in [-0.4, -0.2) is 27.0 Å². The standard InChI is InChI=1S/C16H17BrN2O4S/c1-11(23-13-5-3-2-4-6-13)10-19-16(20)12-7-8-15(14(17)9-12)24(18,21)22/h2-9,11H,10H2,1H3,(H,19,20)(H2,18,21,22)/t11-/m0/s1. The topological polar surface area (TPSA) is 98.5 Å². The van der Waals surface area contributed by atoms with Crippen LogP contribution in [0.15, 0.2) is 57.9 Å². The summed E-state index contributed by atoms with van der Waals surface area (Å²) in [4.78, 5) is 12.1. The second kappa shape index (κ2) is 7.78. The minimum atomic E-state index is -3.83. The lowest BCUT2D eigenvalue weighted by Crippen LogP contribution is -2.33. The summed E-state index contributed by atoms with van der Waals surface area (Å²) in [6.45, 7) is 2.15. The number of sulfonamides is 1. The number of carbonyl (C=O) groups is 1. The zero-order chi connectivity index (χ0) is 17.7. The van der Waals surface area contributed by atoms with Gasteiger partial charge in [0.1, 0.15) is 11.9 Å². The van der Waals surface area contributed by atoms with E-state index >= 15 is 0 Å². The van der Waals surface area contributed by atoms with E-state index in [4.69, 9.17) is 9.88 Å². The Kier molecular flexibility index (Phi) is 5.98. The van der Waals surface area contributed by atoms with Gasteiger partial charge in [0.25, 0.3) is 5.91 Å². The van der Waals surface area contributed by atoms with Crippen LogP contribution in [0.3, 0.4) is 0 Å². The Morgan fingerprint density at radius 1 is 1.25 bits per heavy atom. The molecule has 0 aliphatic carbocycles. The highest BCUT2D eigenvalue weighted by Gasteiger charge is 2.15. The summed E-state index contributed by atoms with van der Waals surface area (Å²) < 4.78 is 28.6. The maximum Gasteiger partial charge on any atom is 0.251 e. The van der Waals surface area contributed by atoms with Gasteiger partial charge in [-0.15, -0.1) is 0 Å². The van der Waals surface area contributed by atoms with Gasteiger partial charge in [0.2, 0.25) is 10.0 Å². The first-order chi connectivity index (χ1) is 11.3. The van der Waals surface area contributed by atoms with Crippen molar-refractivity contribution in [3.8, 4) is 5.75 Å². The third kappa shape index (κ3) is 5.05. The van der Waals surface area contributed by atoms with Gasteiger partial charge in [0, 0.05) is 10.0 Å². The summed E-state index contributed by atoms with van der Waals surface area (Å²) in [6, 6.07) is 13.4. The largest absolute Gasteiger partial charge is 0.489 e. The highest BCUT2D eigenvalue weighted by atomic mass is 79.9. The number of hydrogen-bond acceptors (Lipinski definition) is 4. The number of rotatable bonds is 6. The molecule has 6 nitrogen and oxygen atoms in total. The Morgan fingerprint density at radius 2 is 1.92 bits per heavy atom. The van der Waals surface area contributed by atoms with E-state index in [0.29, 0.717) is 12.1 Å². The van der Waals surface area contributed by atoms with Crippen LogP contribution < -0.4 is 15.2 Å². The van der Waals surface area contributed by atoms with E-state index in [-0.39, 0.29) is 21.4 Å². The number of amides is 1. The van der Waals surface area contributed by atoms with Crippen LogP contribution in [0.5, 0.6) is 5.75 Å². The minimum absolute atomic E-state index is 0.0696. The van der Waals surface area contributed by atoms with E-state index in [9.17, 15) is 13.2 Å². The van der Waals surface area contributed by atoms with Crippen molar-refractivity contribution in [1.29, 1.82) is 0 Å². The second-order valence-corrected chi connectivity index (χ2v) is 7.53. The fourth-order valence-corrected chi connectivity index (χ4v) is 3.63. The highest BCUT2D eigenvalue weighted by molar-refractivity contribution is 9.10. The van der Waals surface area contributed by atoms with E-state index in [1.165, 1.54) is 18.2 Å². The number of benzene rings is 2. The van der Waals surface area contributed by atoms with Gasteiger partial charge in [-0.3, -0.25) is 4.79 Å². The third-order valence-electron chi connectivity index (χ3n) is 3.13. The van der Waals surface area contributed by atoms with Gasteiger partial charge in [-0.2, -0.15) is 0 Å². The molecule has 0 unspecified atom stereocenters. The van der Waals surface area contributed by atoms with E-state index < -0.39 is 10.0 Å². The number of carbonyl (C=O) groups excluding carboxylic acids is 1. The Balaban J connectivity index is 1.96. The smallest absolute Gasteiger partial charge is 0.251 e. The van der Waals surface area contributed by atoms with Crippen LogP contribution in [-0.2, 0) is 10.0 Å². The molecule has 2 rings (SSSR count). The van der Waals surface area contributed by atoms with Crippen molar-refractivity contribution >= 4 is 31.9 Å². The van der Waals surface area contributed by atoms with Gasteiger partial charge in [0.05, 0.1) is 11.4 Å². The van der Waals surface area contributed by atoms with E-state index in [2.05, 4.69) is 21.2 Å². The Bertz CT molecular complexity index is 825. The first-order valence-electron chi connectivity index (χ1n) is 7.09. The molecule has 2 aromatic carbocycles. The van der Waals surface area contributed by atoms with Crippen LogP contribution in [0.1, 0.15) is 17.3 Å². The minimum Gasteiger partial charge on any atom is -0.489 e. The molecule has 0 aliphatic heterocycles. The molecule has 0 spiro atoms. The van der Waals surface area contributed by atoms with Crippen LogP contribution in [0.2, 0.25) is 0 Å².